The number of rotatable bonds is 6. The molecular weight excluding hydrogens is 432 g/mol. The molecule has 1 aliphatic rings. The van der Waals surface area contributed by atoms with E-state index in [1.165, 1.54) is 6.08 Å². The number of pyridine rings is 1. The van der Waals surface area contributed by atoms with Crippen LogP contribution >= 0.6 is 0 Å². The number of carbonyl (C=O) groups is 2. The van der Waals surface area contributed by atoms with E-state index in [-0.39, 0.29) is 19.2 Å². The molecule has 0 atom stereocenters. The number of hydrogen-bond donors (Lipinski definition) is 0. The maximum Gasteiger partial charge on any atom is 0.331 e. The summed E-state index contributed by atoms with van der Waals surface area (Å²) < 4.78 is 18.0. The van der Waals surface area contributed by atoms with Gasteiger partial charge in [-0.3, -0.25) is 9.78 Å². The first-order valence-corrected chi connectivity index (χ1v) is 10.8. The molecule has 0 aliphatic carbocycles. The first kappa shape index (κ1) is 21.5. The lowest BCUT2D eigenvalue weighted by Gasteiger charge is -2.10. The largest absolute Gasteiger partial charge is 0.454 e. The number of ketones is 1. The first-order chi connectivity index (χ1) is 16.5. The summed E-state index contributed by atoms with van der Waals surface area (Å²) in [6, 6.07) is 17.0. The maximum atomic E-state index is 12.8. The number of ether oxygens (including phenoxy) is 3. The number of nitrogens with zero attached hydrogens (tertiary/aromatic N) is 2. The summed E-state index contributed by atoms with van der Waals surface area (Å²) in [4.78, 5) is 29.5. The molecule has 2 aromatic carbocycles. The lowest BCUT2D eigenvalue weighted by atomic mass is 10.1. The van der Waals surface area contributed by atoms with Crippen LogP contribution in [0.2, 0.25) is 0 Å². The number of fused-ring (bicyclic) bond motifs is 2. The summed E-state index contributed by atoms with van der Waals surface area (Å²) in [5.41, 5.74) is 4.60. The summed E-state index contributed by atoms with van der Waals surface area (Å²) >= 11 is 0. The molecule has 34 heavy (non-hydrogen) atoms. The molecule has 0 amide bonds. The number of benzene rings is 2. The zero-order valence-corrected chi connectivity index (χ0v) is 18.8. The molecule has 0 radical (unpaired) electrons. The zero-order chi connectivity index (χ0) is 23.7. The third kappa shape index (κ3) is 4.03. The molecule has 7 nitrogen and oxygen atoms in total. The van der Waals surface area contributed by atoms with Crippen molar-refractivity contribution >= 4 is 28.7 Å². The van der Waals surface area contributed by atoms with Crippen LogP contribution < -0.4 is 9.47 Å². The predicted molar refractivity (Wildman–Crippen MR) is 127 cm³/mol. The molecule has 0 N–H and O–H groups in total. The molecule has 0 fully saturated rings. The van der Waals surface area contributed by atoms with Gasteiger partial charge in [-0.1, -0.05) is 24.3 Å². The lowest BCUT2D eigenvalue weighted by Crippen LogP contribution is -2.13. The molecule has 7 heteroatoms. The third-order valence-electron chi connectivity index (χ3n) is 5.75. The smallest absolute Gasteiger partial charge is 0.331 e. The predicted octanol–water partition coefficient (Wildman–Crippen LogP) is 4.81. The van der Waals surface area contributed by atoms with Crippen molar-refractivity contribution < 1.29 is 23.8 Å². The minimum Gasteiger partial charge on any atom is -0.454 e. The molecule has 0 saturated heterocycles. The van der Waals surface area contributed by atoms with Gasteiger partial charge in [-0.25, -0.2) is 4.79 Å². The molecule has 0 unspecified atom stereocenters. The van der Waals surface area contributed by atoms with E-state index in [1.807, 2.05) is 66.9 Å². The van der Waals surface area contributed by atoms with Crippen molar-refractivity contribution in [2.45, 2.75) is 13.8 Å². The number of carbonyl (C=O) groups excluding carboxylic acids is 2. The van der Waals surface area contributed by atoms with Gasteiger partial charge in [0, 0.05) is 51.9 Å². The van der Waals surface area contributed by atoms with E-state index in [4.69, 9.17) is 14.2 Å². The normalized spacial score (nSPS) is 12.4. The Morgan fingerprint density at radius 1 is 1.06 bits per heavy atom. The Balaban J connectivity index is 1.28. The van der Waals surface area contributed by atoms with E-state index in [0.717, 1.165) is 33.5 Å². The van der Waals surface area contributed by atoms with Gasteiger partial charge in [-0.15, -0.1) is 0 Å². The van der Waals surface area contributed by atoms with E-state index >= 15 is 0 Å². The Labute approximate surface area is 196 Å². The molecule has 2 aromatic heterocycles. The van der Waals surface area contributed by atoms with E-state index < -0.39 is 5.97 Å². The van der Waals surface area contributed by atoms with Gasteiger partial charge >= 0.3 is 5.97 Å². The topological polar surface area (TPSA) is 79.7 Å². The molecule has 5 rings (SSSR count). The number of aromatic nitrogens is 2. The standard InChI is InChI=1S/C27H22N2O5/c1-17-13-22(18(2)29(17)21-9-10-24-25(14-21)34-16-33-24)23(30)15-32-26(31)11-8-20-6-3-5-19-7-4-12-28-27(19)20/h3-14H,15-16H2,1-2H3/b11-8+. The Kier molecular flexibility index (Phi) is 5.59. The van der Waals surface area contributed by atoms with Gasteiger partial charge in [0.2, 0.25) is 12.6 Å². The lowest BCUT2D eigenvalue weighted by molar-refractivity contribution is -0.136. The minimum atomic E-state index is -0.592. The van der Waals surface area contributed by atoms with Crippen molar-refractivity contribution in [1.29, 1.82) is 0 Å². The van der Waals surface area contributed by atoms with Crippen LogP contribution in [0, 0.1) is 13.8 Å². The number of aryl methyl sites for hydroxylation is 1. The van der Waals surface area contributed by atoms with Crippen molar-refractivity contribution in [3.05, 3.63) is 89.4 Å². The highest BCUT2D eigenvalue weighted by atomic mass is 16.7. The SMILES string of the molecule is Cc1cc(C(=O)COC(=O)/C=C/c2cccc3cccnc23)c(C)n1-c1ccc2c(c1)OCO2. The van der Waals surface area contributed by atoms with Crippen LogP contribution in [0.3, 0.4) is 0 Å². The van der Waals surface area contributed by atoms with Crippen LogP contribution in [0.1, 0.15) is 27.3 Å². The Bertz CT molecular complexity index is 1450. The monoisotopic (exact) mass is 454 g/mol. The van der Waals surface area contributed by atoms with Gasteiger partial charge in [0.25, 0.3) is 0 Å². The van der Waals surface area contributed by atoms with E-state index in [1.54, 1.807) is 18.3 Å². The van der Waals surface area contributed by atoms with Gasteiger partial charge in [-0.2, -0.15) is 0 Å². The molecule has 1 aliphatic heterocycles. The average molecular weight is 454 g/mol. The van der Waals surface area contributed by atoms with Crippen molar-refractivity contribution in [1.82, 2.24) is 9.55 Å². The summed E-state index contributed by atoms with van der Waals surface area (Å²) in [5.74, 6) is 0.501. The minimum absolute atomic E-state index is 0.197. The number of Topliss-reactive ketones (excluding diaryl/α,β-unsaturated/α-hetero) is 1. The van der Waals surface area contributed by atoms with Gasteiger partial charge in [-0.05, 0) is 44.2 Å². The fourth-order valence-corrected chi connectivity index (χ4v) is 4.15. The van der Waals surface area contributed by atoms with Gasteiger partial charge < -0.3 is 18.8 Å². The number of hydrogen-bond acceptors (Lipinski definition) is 6. The van der Waals surface area contributed by atoms with Crippen LogP contribution in [0.4, 0.5) is 0 Å². The van der Waals surface area contributed by atoms with Crippen LogP contribution in [0.15, 0.2) is 66.9 Å². The molecule has 0 bridgehead atoms. The fourth-order valence-electron chi connectivity index (χ4n) is 4.15. The van der Waals surface area contributed by atoms with Crippen molar-refractivity contribution in [2.75, 3.05) is 13.4 Å². The maximum absolute atomic E-state index is 12.8. The number of esters is 1. The van der Waals surface area contributed by atoms with Crippen molar-refractivity contribution in [3.8, 4) is 17.2 Å². The zero-order valence-electron chi connectivity index (χ0n) is 18.8. The second-order valence-corrected chi connectivity index (χ2v) is 7.94. The van der Waals surface area contributed by atoms with Gasteiger partial charge in [0.05, 0.1) is 5.52 Å². The van der Waals surface area contributed by atoms with Gasteiger partial charge in [0.1, 0.15) is 0 Å². The quantitative estimate of drug-likeness (QED) is 0.236. The van der Waals surface area contributed by atoms with Crippen molar-refractivity contribution in [3.63, 3.8) is 0 Å². The molecular formula is C27H22N2O5. The fraction of sp³-hybridized carbons (Fsp3) is 0.148. The number of para-hydroxylation sites is 1. The van der Waals surface area contributed by atoms with Gasteiger partial charge in [0.15, 0.2) is 18.1 Å². The molecule has 0 saturated carbocycles. The third-order valence-corrected chi connectivity index (χ3v) is 5.75. The highest BCUT2D eigenvalue weighted by Crippen LogP contribution is 2.35. The molecule has 170 valence electrons. The molecule has 3 heterocycles. The van der Waals surface area contributed by atoms with Crippen molar-refractivity contribution in [2.24, 2.45) is 0 Å². The summed E-state index contributed by atoms with van der Waals surface area (Å²) in [7, 11) is 0. The average Bonchev–Trinajstić information content (AvgIpc) is 3.44. The van der Waals surface area contributed by atoms with E-state index in [0.29, 0.717) is 17.1 Å². The van der Waals surface area contributed by atoms with Crippen LogP contribution in [-0.4, -0.2) is 34.7 Å². The molecule has 0 spiro atoms. The summed E-state index contributed by atoms with van der Waals surface area (Å²) in [5, 5.41) is 0.978. The Morgan fingerprint density at radius 2 is 1.88 bits per heavy atom. The van der Waals surface area contributed by atoms with Crippen LogP contribution in [-0.2, 0) is 9.53 Å². The second-order valence-electron chi connectivity index (χ2n) is 7.94. The van der Waals surface area contributed by atoms with E-state index in [2.05, 4.69) is 4.98 Å². The second kappa shape index (κ2) is 8.86. The molecule has 4 aromatic rings. The van der Waals surface area contributed by atoms with E-state index in [9.17, 15) is 9.59 Å². The Hall–Kier alpha value is -4.39. The highest BCUT2D eigenvalue weighted by Gasteiger charge is 2.20. The van der Waals surface area contributed by atoms with Crippen LogP contribution in [0.5, 0.6) is 11.5 Å². The summed E-state index contributed by atoms with van der Waals surface area (Å²) in [6.07, 6.45) is 4.66. The Morgan fingerprint density at radius 3 is 2.76 bits per heavy atom. The first-order valence-electron chi connectivity index (χ1n) is 10.8. The highest BCUT2D eigenvalue weighted by molar-refractivity contribution is 6.00. The van der Waals surface area contributed by atoms with Crippen LogP contribution in [0.25, 0.3) is 22.7 Å². The summed E-state index contributed by atoms with van der Waals surface area (Å²) in [6.45, 7) is 3.63.